The normalized spacial score (nSPS) is 11.7. The van der Waals surface area contributed by atoms with E-state index in [2.05, 4.69) is 4.74 Å². The van der Waals surface area contributed by atoms with Gasteiger partial charge in [-0.2, -0.15) is 26.3 Å². The number of aryl methyl sites for hydroxylation is 1. The van der Waals surface area contributed by atoms with Gasteiger partial charge in [0.15, 0.2) is 5.82 Å². The van der Waals surface area contributed by atoms with Crippen molar-refractivity contribution in [1.29, 1.82) is 0 Å². The Morgan fingerprint density at radius 2 is 1.54 bits per heavy atom. The molecule has 2 aromatic carbocycles. The average molecular weight is 529 g/mol. The maximum atomic E-state index is 14.3. The summed E-state index contributed by atoms with van der Waals surface area (Å²) < 4.78 is 111. The number of amides is 1. The van der Waals surface area contributed by atoms with Gasteiger partial charge in [-0.3, -0.25) is 4.90 Å². The molecule has 190 valence electrons. The van der Waals surface area contributed by atoms with E-state index in [-0.39, 0.29) is 24.5 Å². The summed E-state index contributed by atoms with van der Waals surface area (Å²) in [5.41, 5.74) is -8.92. The number of ether oxygens (including phenoxy) is 1. The summed E-state index contributed by atoms with van der Waals surface area (Å²) >= 11 is 5.36. The SMILES string of the molecule is C.CC.[B]C([B])(O)N(C(=O)Oc1c(C)cc(C(F)(F)F)cc1C(F)(F)F)c1ccc(F)c(Cl)c1F. The number of hydrogen-bond donors (Lipinski definition) is 1. The van der Waals surface area contributed by atoms with Crippen LogP contribution in [0.1, 0.15) is 38.0 Å². The first kappa shape index (κ1) is 32.5. The van der Waals surface area contributed by atoms with Gasteiger partial charge >= 0.3 is 18.4 Å². The van der Waals surface area contributed by atoms with E-state index >= 15 is 0 Å². The van der Waals surface area contributed by atoms with Crippen LogP contribution in [0, 0.1) is 18.6 Å². The van der Waals surface area contributed by atoms with Crippen molar-refractivity contribution in [3.63, 3.8) is 0 Å². The molecule has 0 saturated carbocycles. The van der Waals surface area contributed by atoms with E-state index in [4.69, 9.17) is 27.3 Å². The second-order valence-corrected chi connectivity index (χ2v) is 6.72. The lowest BCUT2D eigenvalue weighted by molar-refractivity contribution is -0.143. The van der Waals surface area contributed by atoms with Crippen molar-refractivity contribution in [2.45, 2.75) is 46.1 Å². The number of benzene rings is 2. The number of halogens is 9. The number of hydrogen-bond acceptors (Lipinski definition) is 3. The second kappa shape index (κ2) is 11.5. The summed E-state index contributed by atoms with van der Waals surface area (Å²) in [5.74, 6) is -4.41. The average Bonchev–Trinajstić information content (AvgIpc) is 2.68. The van der Waals surface area contributed by atoms with Gasteiger partial charge in [0.25, 0.3) is 0 Å². The summed E-state index contributed by atoms with van der Waals surface area (Å²) in [6, 6.07) is 0.963. The fourth-order valence-corrected chi connectivity index (χ4v) is 2.70. The molecule has 2 rings (SSSR count). The van der Waals surface area contributed by atoms with Crippen molar-refractivity contribution < 1.29 is 49.8 Å². The van der Waals surface area contributed by atoms with Crippen molar-refractivity contribution in [2.75, 3.05) is 4.90 Å². The number of nitrogens with zero attached hydrogens (tertiary/aromatic N) is 1. The number of rotatable bonds is 3. The van der Waals surface area contributed by atoms with E-state index in [1.54, 1.807) is 0 Å². The third-order valence-electron chi connectivity index (χ3n) is 3.89. The molecule has 0 fully saturated rings. The van der Waals surface area contributed by atoms with Crippen molar-refractivity contribution in [1.82, 2.24) is 0 Å². The molecule has 0 spiro atoms. The summed E-state index contributed by atoms with van der Waals surface area (Å²) in [5, 5.41) is 8.63. The second-order valence-electron chi connectivity index (χ2n) is 6.35. The van der Waals surface area contributed by atoms with Crippen LogP contribution < -0.4 is 9.64 Å². The Labute approximate surface area is 203 Å². The van der Waals surface area contributed by atoms with Gasteiger partial charge < -0.3 is 9.84 Å². The minimum Gasteiger partial charge on any atom is -0.409 e. The van der Waals surface area contributed by atoms with Crippen LogP contribution in [0.5, 0.6) is 5.75 Å². The van der Waals surface area contributed by atoms with Gasteiger partial charge in [0.2, 0.25) is 0 Å². The first-order valence-corrected chi connectivity index (χ1v) is 9.48. The molecule has 0 heterocycles. The van der Waals surface area contributed by atoms with Gasteiger partial charge in [-0.1, -0.05) is 32.9 Å². The third-order valence-corrected chi connectivity index (χ3v) is 4.24. The van der Waals surface area contributed by atoms with E-state index in [0.29, 0.717) is 12.1 Å². The lowest BCUT2D eigenvalue weighted by atomic mass is 9.72. The van der Waals surface area contributed by atoms with Crippen LogP contribution in [0.2, 0.25) is 5.02 Å². The molecular weight excluding hydrogens is 511 g/mol. The molecule has 35 heavy (non-hydrogen) atoms. The van der Waals surface area contributed by atoms with Crippen LogP contribution in [0.4, 0.5) is 45.6 Å². The topological polar surface area (TPSA) is 49.8 Å². The number of aliphatic hydroxyl groups is 1. The molecule has 0 aliphatic heterocycles. The van der Waals surface area contributed by atoms with Gasteiger partial charge in [0.05, 0.1) is 22.3 Å². The van der Waals surface area contributed by atoms with Crippen LogP contribution >= 0.6 is 11.6 Å². The monoisotopic (exact) mass is 529 g/mol. The Balaban J connectivity index is 0.00000375. The number of carbonyl (C=O) groups excluding carboxylic acids is 1. The first-order chi connectivity index (χ1) is 15.4. The van der Waals surface area contributed by atoms with Crippen LogP contribution in [0.3, 0.4) is 0 Å². The third kappa shape index (κ3) is 7.50. The van der Waals surface area contributed by atoms with E-state index in [1.165, 1.54) is 0 Å². The fraction of sp³-hybridized carbons (Fsp3) is 0.350. The van der Waals surface area contributed by atoms with E-state index in [0.717, 1.165) is 6.92 Å². The zero-order valence-corrected chi connectivity index (χ0v) is 18.3. The minimum absolute atomic E-state index is 0. The van der Waals surface area contributed by atoms with Gasteiger partial charge in [-0.15, -0.1) is 0 Å². The zero-order chi connectivity index (χ0) is 26.8. The van der Waals surface area contributed by atoms with E-state index in [9.17, 15) is 45.0 Å². The summed E-state index contributed by atoms with van der Waals surface area (Å²) in [6.07, 6.45) is -12.6. The van der Waals surface area contributed by atoms with Gasteiger partial charge in [0.1, 0.15) is 32.3 Å². The van der Waals surface area contributed by atoms with Crippen molar-refractivity contribution in [3.05, 3.63) is 57.6 Å². The standard InChI is InChI=1S/C17H8B2ClF8NO3.C2H6.CH4/c1-6-4-7(15(23,24)25)5-8(16(26,27)28)13(6)32-14(30)29(17(18,19)31)10-3-2-9(21)11(20)12(10)22;1-2;/h2-5,31H,1H3;1-2H3;1H4. The molecule has 0 saturated heterocycles. The molecule has 4 nitrogen and oxygen atoms in total. The molecular formula is C20H18B2ClF8NO3. The van der Waals surface area contributed by atoms with E-state index < -0.39 is 68.8 Å². The summed E-state index contributed by atoms with van der Waals surface area (Å²) in [6.45, 7) is 4.77. The number of anilines is 1. The van der Waals surface area contributed by atoms with Crippen LogP contribution in [0.25, 0.3) is 0 Å². The number of carbonyl (C=O) groups is 1. The first-order valence-electron chi connectivity index (χ1n) is 9.10. The Hall–Kier alpha value is -2.47. The highest BCUT2D eigenvalue weighted by molar-refractivity contribution is 6.42. The molecule has 0 atom stereocenters. The predicted octanol–water partition coefficient (Wildman–Crippen LogP) is 6.57. The van der Waals surface area contributed by atoms with Crippen LogP contribution in [0.15, 0.2) is 24.3 Å². The fourth-order valence-electron chi connectivity index (χ4n) is 2.54. The molecule has 4 radical (unpaired) electrons. The van der Waals surface area contributed by atoms with Gasteiger partial charge in [0, 0.05) is 0 Å². The molecule has 2 aromatic rings. The molecule has 1 N–H and O–H groups in total. The van der Waals surface area contributed by atoms with Crippen molar-refractivity contribution in [2.24, 2.45) is 0 Å². The van der Waals surface area contributed by atoms with Gasteiger partial charge in [-0.25, -0.2) is 13.6 Å². The summed E-state index contributed by atoms with van der Waals surface area (Å²) in [7, 11) is 10.3. The zero-order valence-electron chi connectivity index (χ0n) is 17.6. The molecule has 0 aliphatic carbocycles. The minimum atomic E-state index is -5.43. The Morgan fingerprint density at radius 1 is 1.03 bits per heavy atom. The molecule has 0 unspecified atom stereocenters. The molecule has 0 bridgehead atoms. The Bertz CT molecular complexity index is 1060. The predicted molar refractivity (Wildman–Crippen MR) is 116 cm³/mol. The van der Waals surface area contributed by atoms with Crippen LogP contribution in [-0.2, 0) is 12.4 Å². The highest BCUT2D eigenvalue weighted by Crippen LogP contribution is 2.43. The Morgan fingerprint density at radius 3 is 1.97 bits per heavy atom. The van der Waals surface area contributed by atoms with Crippen molar-refractivity contribution in [3.8, 4) is 5.75 Å². The van der Waals surface area contributed by atoms with Gasteiger partial charge in [-0.05, 0) is 36.8 Å². The number of alkyl halides is 6. The van der Waals surface area contributed by atoms with E-state index in [1.807, 2.05) is 13.8 Å². The quantitative estimate of drug-likeness (QED) is 0.212. The maximum Gasteiger partial charge on any atom is 0.420 e. The highest BCUT2D eigenvalue weighted by Gasteiger charge is 2.42. The molecule has 15 heteroatoms. The lowest BCUT2D eigenvalue weighted by Crippen LogP contribution is -2.55. The largest absolute Gasteiger partial charge is 0.420 e. The molecule has 1 amide bonds. The molecule has 0 aliphatic rings. The summed E-state index contributed by atoms with van der Waals surface area (Å²) in [4.78, 5) is 12.2. The lowest BCUT2D eigenvalue weighted by Gasteiger charge is -2.35. The van der Waals surface area contributed by atoms with Crippen molar-refractivity contribution >= 4 is 39.1 Å². The highest BCUT2D eigenvalue weighted by atomic mass is 35.5. The maximum absolute atomic E-state index is 14.3. The smallest absolute Gasteiger partial charge is 0.409 e. The molecule has 0 aromatic heterocycles. The van der Waals surface area contributed by atoms with Crippen LogP contribution in [-0.4, -0.2) is 32.4 Å². The Kier molecular flexibility index (Phi) is 10.7.